The molecule has 2 saturated carbocycles. The summed E-state index contributed by atoms with van der Waals surface area (Å²) in [4.78, 5) is 25.5. The summed E-state index contributed by atoms with van der Waals surface area (Å²) in [6.45, 7) is 5.59. The van der Waals surface area contributed by atoms with Gasteiger partial charge in [-0.15, -0.1) is 0 Å². The van der Waals surface area contributed by atoms with Gasteiger partial charge in [-0.05, 0) is 52.4 Å². The largest absolute Gasteiger partial charge is 0.444 e. The Morgan fingerprint density at radius 3 is 2.21 bits per heavy atom. The van der Waals surface area contributed by atoms with Crippen LogP contribution in [0.2, 0.25) is 0 Å². The van der Waals surface area contributed by atoms with Gasteiger partial charge in [0.1, 0.15) is 11.9 Å². The van der Waals surface area contributed by atoms with Crippen molar-refractivity contribution in [1.82, 2.24) is 4.90 Å². The minimum absolute atomic E-state index is 0.214. The molecule has 0 saturated heterocycles. The number of carbonyl (C=O) groups excluding carboxylic acids is 2. The molecule has 0 aromatic heterocycles. The first kappa shape index (κ1) is 14.4. The third-order valence-electron chi connectivity index (χ3n) is 3.89. The molecule has 2 rings (SSSR count). The van der Waals surface area contributed by atoms with Crippen LogP contribution in [0.25, 0.3) is 0 Å². The zero-order chi connectivity index (χ0) is 14.0. The number of carbonyl (C=O) groups is 2. The average molecular weight is 267 g/mol. The Labute approximate surface area is 115 Å². The zero-order valence-electron chi connectivity index (χ0n) is 12.2. The van der Waals surface area contributed by atoms with Gasteiger partial charge < -0.3 is 9.53 Å². The molecule has 1 amide bonds. The molecule has 0 radical (unpaired) electrons. The van der Waals surface area contributed by atoms with Crippen molar-refractivity contribution in [2.75, 3.05) is 0 Å². The second kappa shape index (κ2) is 5.51. The Morgan fingerprint density at radius 1 is 1.21 bits per heavy atom. The van der Waals surface area contributed by atoms with Crippen LogP contribution in [0.1, 0.15) is 59.3 Å². The highest BCUT2D eigenvalue weighted by atomic mass is 16.6. The second-order valence-electron chi connectivity index (χ2n) is 6.79. The Hall–Kier alpha value is -1.06. The summed E-state index contributed by atoms with van der Waals surface area (Å²) in [6, 6.07) is -0.0736. The number of hydrogen-bond donors (Lipinski definition) is 0. The Balaban J connectivity index is 2.09. The van der Waals surface area contributed by atoms with Crippen LogP contribution in [-0.4, -0.2) is 35.0 Å². The number of ether oxygens (including phenoxy) is 1. The van der Waals surface area contributed by atoms with Gasteiger partial charge in [0, 0.05) is 6.04 Å². The third-order valence-corrected chi connectivity index (χ3v) is 3.89. The standard InChI is InChI=1S/C15H25NO3/c1-15(2,3)19-14(18)16(12-8-9-12)13(10-17)11-6-4-5-7-11/h10-13H,4-9H2,1-3H3. The lowest BCUT2D eigenvalue weighted by Crippen LogP contribution is -2.48. The summed E-state index contributed by atoms with van der Waals surface area (Å²) in [7, 11) is 0. The molecule has 4 nitrogen and oxygen atoms in total. The van der Waals surface area contributed by atoms with Gasteiger partial charge in [0.2, 0.25) is 0 Å². The van der Waals surface area contributed by atoms with Crippen molar-refractivity contribution < 1.29 is 14.3 Å². The van der Waals surface area contributed by atoms with Crippen LogP contribution in [0, 0.1) is 5.92 Å². The molecular formula is C15H25NO3. The molecular weight excluding hydrogens is 242 g/mol. The molecule has 0 spiro atoms. The van der Waals surface area contributed by atoms with Crippen molar-refractivity contribution in [3.8, 4) is 0 Å². The third kappa shape index (κ3) is 3.71. The molecule has 19 heavy (non-hydrogen) atoms. The van der Waals surface area contributed by atoms with E-state index in [1.54, 1.807) is 4.90 Å². The monoisotopic (exact) mass is 267 g/mol. The quantitative estimate of drug-likeness (QED) is 0.735. The van der Waals surface area contributed by atoms with Crippen molar-refractivity contribution >= 4 is 12.4 Å². The van der Waals surface area contributed by atoms with E-state index in [9.17, 15) is 9.59 Å². The van der Waals surface area contributed by atoms with Gasteiger partial charge >= 0.3 is 6.09 Å². The molecule has 0 aromatic rings. The lowest BCUT2D eigenvalue weighted by molar-refractivity contribution is -0.114. The van der Waals surface area contributed by atoms with Crippen LogP contribution >= 0.6 is 0 Å². The fraction of sp³-hybridized carbons (Fsp3) is 0.867. The molecule has 2 aliphatic rings. The van der Waals surface area contributed by atoms with Crippen molar-refractivity contribution in [2.45, 2.75) is 77.0 Å². The predicted molar refractivity (Wildman–Crippen MR) is 72.9 cm³/mol. The first-order valence-electron chi connectivity index (χ1n) is 7.39. The minimum atomic E-state index is -0.507. The van der Waals surface area contributed by atoms with E-state index in [2.05, 4.69) is 0 Å². The lowest BCUT2D eigenvalue weighted by Gasteiger charge is -2.33. The summed E-state index contributed by atoms with van der Waals surface area (Å²) in [5, 5.41) is 0. The van der Waals surface area contributed by atoms with Crippen LogP contribution in [-0.2, 0) is 9.53 Å². The molecule has 0 N–H and O–H groups in total. The predicted octanol–water partition coefficient (Wildman–Crippen LogP) is 3.14. The van der Waals surface area contributed by atoms with E-state index in [1.165, 1.54) is 12.8 Å². The van der Waals surface area contributed by atoms with E-state index in [-0.39, 0.29) is 18.2 Å². The summed E-state index contributed by atoms with van der Waals surface area (Å²) < 4.78 is 5.47. The fourth-order valence-corrected chi connectivity index (χ4v) is 2.88. The van der Waals surface area contributed by atoms with Crippen molar-refractivity contribution in [2.24, 2.45) is 5.92 Å². The lowest BCUT2D eigenvalue weighted by atomic mass is 9.98. The highest BCUT2D eigenvalue weighted by molar-refractivity contribution is 5.75. The molecule has 2 fully saturated rings. The van der Waals surface area contributed by atoms with E-state index in [1.807, 2.05) is 20.8 Å². The molecule has 0 heterocycles. The number of rotatable bonds is 4. The Morgan fingerprint density at radius 2 is 1.79 bits per heavy atom. The van der Waals surface area contributed by atoms with Gasteiger partial charge in [0.15, 0.2) is 0 Å². The highest BCUT2D eigenvalue weighted by Gasteiger charge is 2.42. The molecule has 2 aliphatic carbocycles. The maximum absolute atomic E-state index is 12.3. The topological polar surface area (TPSA) is 46.6 Å². The number of nitrogens with zero attached hydrogens (tertiary/aromatic N) is 1. The van der Waals surface area contributed by atoms with Crippen LogP contribution < -0.4 is 0 Å². The maximum Gasteiger partial charge on any atom is 0.411 e. The molecule has 1 unspecified atom stereocenters. The molecule has 0 bridgehead atoms. The van der Waals surface area contributed by atoms with Crippen molar-refractivity contribution in [3.63, 3.8) is 0 Å². The van der Waals surface area contributed by atoms with Gasteiger partial charge in [-0.1, -0.05) is 12.8 Å². The summed E-state index contributed by atoms with van der Waals surface area (Å²) in [5.74, 6) is 0.325. The average Bonchev–Trinajstić information content (AvgIpc) is 2.97. The van der Waals surface area contributed by atoms with E-state index in [0.717, 1.165) is 32.0 Å². The zero-order valence-corrected chi connectivity index (χ0v) is 12.2. The molecule has 4 heteroatoms. The van der Waals surface area contributed by atoms with Gasteiger partial charge in [0.25, 0.3) is 0 Å². The summed E-state index contributed by atoms with van der Waals surface area (Å²) in [5.41, 5.74) is -0.507. The van der Waals surface area contributed by atoms with E-state index < -0.39 is 5.60 Å². The van der Waals surface area contributed by atoms with Gasteiger partial charge in [0.05, 0.1) is 6.04 Å². The normalized spacial score (nSPS) is 22.1. The number of aldehydes is 1. The first-order valence-corrected chi connectivity index (χ1v) is 7.39. The smallest absolute Gasteiger partial charge is 0.411 e. The molecule has 0 aliphatic heterocycles. The van der Waals surface area contributed by atoms with Crippen LogP contribution in [0.5, 0.6) is 0 Å². The van der Waals surface area contributed by atoms with E-state index >= 15 is 0 Å². The van der Waals surface area contributed by atoms with E-state index in [0.29, 0.717) is 5.92 Å². The number of amides is 1. The first-order chi connectivity index (χ1) is 8.92. The fourth-order valence-electron chi connectivity index (χ4n) is 2.88. The van der Waals surface area contributed by atoms with Crippen LogP contribution in [0.3, 0.4) is 0 Å². The second-order valence-corrected chi connectivity index (χ2v) is 6.79. The van der Waals surface area contributed by atoms with Crippen molar-refractivity contribution in [1.29, 1.82) is 0 Å². The molecule has 1 atom stereocenters. The van der Waals surface area contributed by atoms with Crippen LogP contribution in [0.4, 0.5) is 4.79 Å². The maximum atomic E-state index is 12.3. The SMILES string of the molecule is CC(C)(C)OC(=O)N(C1CC1)C(C=O)C1CCCC1. The number of hydrogen-bond acceptors (Lipinski definition) is 3. The van der Waals surface area contributed by atoms with Crippen LogP contribution in [0.15, 0.2) is 0 Å². The van der Waals surface area contributed by atoms with Gasteiger partial charge in [-0.25, -0.2) is 4.79 Å². The Kier molecular flexibility index (Phi) is 4.16. The van der Waals surface area contributed by atoms with Crippen molar-refractivity contribution in [3.05, 3.63) is 0 Å². The van der Waals surface area contributed by atoms with E-state index in [4.69, 9.17) is 4.74 Å². The Bertz CT molecular complexity index is 338. The summed E-state index contributed by atoms with van der Waals surface area (Å²) >= 11 is 0. The summed E-state index contributed by atoms with van der Waals surface area (Å²) in [6.07, 6.45) is 7.07. The van der Waals surface area contributed by atoms with Gasteiger partial charge in [-0.3, -0.25) is 4.90 Å². The molecule has 108 valence electrons. The highest BCUT2D eigenvalue weighted by Crippen LogP contribution is 2.36. The molecule has 0 aromatic carbocycles. The minimum Gasteiger partial charge on any atom is -0.444 e. The van der Waals surface area contributed by atoms with Gasteiger partial charge in [-0.2, -0.15) is 0 Å².